The molecule has 0 radical (unpaired) electrons. The Kier molecular flexibility index (Phi) is 5.82. The highest BCUT2D eigenvalue weighted by Gasteiger charge is 2.06. The summed E-state index contributed by atoms with van der Waals surface area (Å²) in [6.07, 6.45) is 2.03. The number of hydrogen-bond acceptors (Lipinski definition) is 5. The second kappa shape index (κ2) is 7.13. The first-order valence-electron chi connectivity index (χ1n) is 6.02. The Labute approximate surface area is 113 Å². The molecule has 0 aromatic heterocycles. The van der Waals surface area contributed by atoms with Crippen LogP contribution in [0.1, 0.15) is 19.8 Å². The molecule has 0 spiro atoms. The number of ether oxygens (including phenoxy) is 2. The Morgan fingerprint density at radius 1 is 1.21 bits per heavy atom. The Balaban J connectivity index is 2.37. The highest BCUT2D eigenvalue weighted by Crippen LogP contribution is 2.16. The summed E-state index contributed by atoms with van der Waals surface area (Å²) in [5, 5.41) is 0. The van der Waals surface area contributed by atoms with E-state index in [1.54, 1.807) is 19.1 Å². The highest BCUT2D eigenvalue weighted by atomic mass is 32.2. The predicted molar refractivity (Wildman–Crippen MR) is 70.9 cm³/mol. The molecule has 6 heteroatoms. The molecule has 0 N–H and O–H groups in total. The monoisotopic (exact) mass is 286 g/mol. The van der Waals surface area contributed by atoms with E-state index in [-0.39, 0.29) is 10.9 Å². The number of rotatable bonds is 7. The molecule has 0 aliphatic rings. The van der Waals surface area contributed by atoms with Gasteiger partial charge >= 0.3 is 5.97 Å². The van der Waals surface area contributed by atoms with Gasteiger partial charge in [-0.2, -0.15) is 0 Å². The van der Waals surface area contributed by atoms with E-state index >= 15 is 0 Å². The van der Waals surface area contributed by atoms with Crippen LogP contribution in [0.2, 0.25) is 0 Å². The molecular formula is C13H18O5S. The van der Waals surface area contributed by atoms with Gasteiger partial charge in [0.15, 0.2) is 9.84 Å². The van der Waals surface area contributed by atoms with Crippen LogP contribution in [0.5, 0.6) is 5.75 Å². The summed E-state index contributed by atoms with van der Waals surface area (Å²) in [6.45, 7) is 2.53. The topological polar surface area (TPSA) is 69.7 Å². The molecule has 0 aliphatic carbocycles. The van der Waals surface area contributed by atoms with E-state index in [0.717, 1.165) is 6.26 Å². The van der Waals surface area contributed by atoms with Crippen molar-refractivity contribution >= 4 is 15.8 Å². The van der Waals surface area contributed by atoms with Crippen molar-refractivity contribution in [3.63, 3.8) is 0 Å². The van der Waals surface area contributed by atoms with Gasteiger partial charge in [-0.05, 0) is 37.6 Å². The van der Waals surface area contributed by atoms with Crippen LogP contribution in [0.3, 0.4) is 0 Å². The zero-order valence-corrected chi connectivity index (χ0v) is 11.9. The van der Waals surface area contributed by atoms with Gasteiger partial charge in [-0.25, -0.2) is 8.42 Å². The molecule has 0 aliphatic heterocycles. The lowest BCUT2D eigenvalue weighted by atomic mass is 10.3. The summed E-state index contributed by atoms with van der Waals surface area (Å²) in [5.74, 6) is 0.342. The lowest BCUT2D eigenvalue weighted by Gasteiger charge is -2.06. The average molecular weight is 286 g/mol. The number of hydrogen-bond donors (Lipinski definition) is 0. The zero-order valence-electron chi connectivity index (χ0n) is 11.1. The van der Waals surface area contributed by atoms with Gasteiger partial charge in [0.25, 0.3) is 0 Å². The van der Waals surface area contributed by atoms with Crippen LogP contribution in [0.25, 0.3) is 0 Å². The molecule has 1 aromatic carbocycles. The van der Waals surface area contributed by atoms with E-state index in [0.29, 0.717) is 31.8 Å². The van der Waals surface area contributed by atoms with Crippen molar-refractivity contribution in [2.24, 2.45) is 0 Å². The third kappa shape index (κ3) is 5.74. The fraction of sp³-hybridized carbons (Fsp3) is 0.462. The van der Waals surface area contributed by atoms with Gasteiger partial charge < -0.3 is 9.47 Å². The SMILES string of the molecule is CCOC(=O)CCCOc1ccc(S(C)(=O)=O)cc1. The number of sulfone groups is 1. The first kappa shape index (κ1) is 15.5. The molecule has 0 saturated carbocycles. The van der Waals surface area contributed by atoms with Crippen LogP contribution in [0, 0.1) is 0 Å². The highest BCUT2D eigenvalue weighted by molar-refractivity contribution is 7.90. The Bertz CT molecular complexity index is 504. The van der Waals surface area contributed by atoms with Crippen molar-refractivity contribution in [1.82, 2.24) is 0 Å². The van der Waals surface area contributed by atoms with E-state index in [9.17, 15) is 13.2 Å². The third-order valence-corrected chi connectivity index (χ3v) is 3.48. The predicted octanol–water partition coefficient (Wildman–Crippen LogP) is 1.81. The first-order chi connectivity index (χ1) is 8.93. The summed E-state index contributed by atoms with van der Waals surface area (Å²) >= 11 is 0. The summed E-state index contributed by atoms with van der Waals surface area (Å²) in [4.78, 5) is 11.3. The molecule has 0 unspecified atom stereocenters. The summed E-state index contributed by atoms with van der Waals surface area (Å²) in [6, 6.07) is 6.19. The molecule has 0 heterocycles. The van der Waals surface area contributed by atoms with Gasteiger partial charge in [0.2, 0.25) is 0 Å². The third-order valence-electron chi connectivity index (χ3n) is 2.35. The minimum absolute atomic E-state index is 0.237. The largest absolute Gasteiger partial charge is 0.494 e. The standard InChI is InChI=1S/C13H18O5S/c1-3-17-13(14)5-4-10-18-11-6-8-12(9-7-11)19(2,15)16/h6-9H,3-5,10H2,1-2H3. The summed E-state index contributed by atoms with van der Waals surface area (Å²) < 4.78 is 32.7. The van der Waals surface area contributed by atoms with E-state index in [4.69, 9.17) is 9.47 Å². The van der Waals surface area contributed by atoms with Crippen LogP contribution in [0.15, 0.2) is 29.2 Å². The fourth-order valence-corrected chi connectivity index (χ4v) is 2.05. The van der Waals surface area contributed by atoms with Crippen molar-refractivity contribution in [2.45, 2.75) is 24.7 Å². The summed E-state index contributed by atoms with van der Waals surface area (Å²) in [5.41, 5.74) is 0. The zero-order chi connectivity index (χ0) is 14.3. The number of carbonyl (C=O) groups excluding carboxylic acids is 1. The molecule has 0 amide bonds. The van der Waals surface area contributed by atoms with Gasteiger partial charge in [0, 0.05) is 12.7 Å². The van der Waals surface area contributed by atoms with Crippen molar-refractivity contribution in [2.75, 3.05) is 19.5 Å². The second-order valence-corrected chi connectivity index (χ2v) is 6.02. The molecule has 19 heavy (non-hydrogen) atoms. The normalized spacial score (nSPS) is 11.1. The minimum Gasteiger partial charge on any atom is -0.494 e. The van der Waals surface area contributed by atoms with Gasteiger partial charge in [0.1, 0.15) is 5.75 Å². The van der Waals surface area contributed by atoms with E-state index < -0.39 is 9.84 Å². The molecule has 0 atom stereocenters. The molecule has 5 nitrogen and oxygen atoms in total. The van der Waals surface area contributed by atoms with Crippen LogP contribution in [-0.4, -0.2) is 33.9 Å². The molecule has 106 valence electrons. The maximum Gasteiger partial charge on any atom is 0.305 e. The Morgan fingerprint density at radius 2 is 1.84 bits per heavy atom. The van der Waals surface area contributed by atoms with E-state index in [1.807, 2.05) is 0 Å². The lowest BCUT2D eigenvalue weighted by molar-refractivity contribution is -0.143. The maximum atomic E-state index is 11.2. The van der Waals surface area contributed by atoms with E-state index in [1.165, 1.54) is 12.1 Å². The Hall–Kier alpha value is -1.56. The van der Waals surface area contributed by atoms with Gasteiger partial charge in [0.05, 0.1) is 18.1 Å². The number of esters is 1. The van der Waals surface area contributed by atoms with Gasteiger partial charge in [-0.1, -0.05) is 0 Å². The van der Waals surface area contributed by atoms with Crippen molar-refractivity contribution in [3.05, 3.63) is 24.3 Å². The molecule has 1 aromatic rings. The minimum atomic E-state index is -3.18. The lowest BCUT2D eigenvalue weighted by Crippen LogP contribution is -2.06. The second-order valence-electron chi connectivity index (χ2n) is 4.00. The average Bonchev–Trinajstić information content (AvgIpc) is 2.34. The summed E-state index contributed by atoms with van der Waals surface area (Å²) in [7, 11) is -3.18. The van der Waals surface area contributed by atoms with Crippen LogP contribution in [0.4, 0.5) is 0 Å². The molecule has 0 bridgehead atoms. The molecule has 0 saturated heterocycles. The van der Waals surface area contributed by atoms with Gasteiger partial charge in [-0.3, -0.25) is 4.79 Å². The van der Waals surface area contributed by atoms with E-state index in [2.05, 4.69) is 0 Å². The van der Waals surface area contributed by atoms with Crippen LogP contribution in [-0.2, 0) is 19.4 Å². The van der Waals surface area contributed by atoms with Gasteiger partial charge in [-0.15, -0.1) is 0 Å². The van der Waals surface area contributed by atoms with Crippen LogP contribution >= 0.6 is 0 Å². The Morgan fingerprint density at radius 3 is 2.37 bits per heavy atom. The molecule has 1 rings (SSSR count). The van der Waals surface area contributed by atoms with Crippen molar-refractivity contribution < 1.29 is 22.7 Å². The van der Waals surface area contributed by atoms with Crippen molar-refractivity contribution in [1.29, 1.82) is 0 Å². The fourth-order valence-electron chi connectivity index (χ4n) is 1.42. The number of benzene rings is 1. The molecule has 0 fully saturated rings. The van der Waals surface area contributed by atoms with Crippen LogP contribution < -0.4 is 4.74 Å². The number of carbonyl (C=O) groups is 1. The van der Waals surface area contributed by atoms with Crippen molar-refractivity contribution in [3.8, 4) is 5.75 Å². The molecular weight excluding hydrogens is 268 g/mol. The quantitative estimate of drug-likeness (QED) is 0.565. The first-order valence-corrected chi connectivity index (χ1v) is 7.91. The maximum absolute atomic E-state index is 11.2. The smallest absolute Gasteiger partial charge is 0.305 e.